The van der Waals surface area contributed by atoms with E-state index in [2.05, 4.69) is 22.0 Å². The van der Waals surface area contributed by atoms with Crippen molar-refractivity contribution in [2.75, 3.05) is 6.61 Å². The molecule has 0 unspecified atom stereocenters. The number of carbonyl (C=O) groups is 2. The summed E-state index contributed by atoms with van der Waals surface area (Å²) in [7, 11) is 0. The van der Waals surface area contributed by atoms with E-state index in [4.69, 9.17) is 26.1 Å². The van der Waals surface area contributed by atoms with Gasteiger partial charge in [0.1, 0.15) is 5.82 Å². The van der Waals surface area contributed by atoms with E-state index in [0.29, 0.717) is 18.2 Å². The largest absolute Gasteiger partial charge is 0.481 e. The highest BCUT2D eigenvalue weighted by molar-refractivity contribution is 5.75. The smallest absolute Gasteiger partial charge is 0.300 e. The number of hydrogen-bond acceptors (Lipinski definition) is 7. The molecule has 1 aliphatic rings. The summed E-state index contributed by atoms with van der Waals surface area (Å²) in [6, 6.07) is 5.78. The number of pyridine rings is 1. The first-order chi connectivity index (χ1) is 14.7. The first kappa shape index (κ1) is 24.4. The van der Waals surface area contributed by atoms with Crippen LogP contribution in [-0.2, 0) is 20.7 Å². The van der Waals surface area contributed by atoms with Crippen LogP contribution in [0.25, 0.3) is 5.82 Å². The normalized spacial score (nSPS) is 20.6. The minimum atomic E-state index is -0.833. The number of aryl methyl sites for hydroxylation is 1. The number of amides is 1. The molecule has 5 N–H and O–H groups in total. The lowest BCUT2D eigenvalue weighted by atomic mass is 9.83. The highest BCUT2D eigenvalue weighted by Crippen LogP contribution is 2.34. The number of ether oxygens (including phenoxy) is 1. The Morgan fingerprint density at radius 1 is 1.29 bits per heavy atom. The van der Waals surface area contributed by atoms with Crippen molar-refractivity contribution in [2.24, 2.45) is 11.5 Å². The highest BCUT2D eigenvalue weighted by Gasteiger charge is 2.33. The van der Waals surface area contributed by atoms with Crippen molar-refractivity contribution >= 4 is 11.9 Å². The van der Waals surface area contributed by atoms with Crippen LogP contribution in [-0.4, -0.2) is 55.5 Å². The summed E-state index contributed by atoms with van der Waals surface area (Å²) in [5, 5.41) is 11.9. The van der Waals surface area contributed by atoms with E-state index >= 15 is 0 Å². The average Bonchev–Trinajstić information content (AvgIpc) is 3.10. The molecule has 0 radical (unpaired) electrons. The van der Waals surface area contributed by atoms with Gasteiger partial charge in [0.2, 0.25) is 5.91 Å². The third-order valence-corrected chi connectivity index (χ3v) is 4.84. The molecule has 0 bridgehead atoms. The van der Waals surface area contributed by atoms with E-state index in [1.807, 2.05) is 25.1 Å². The molecular formula is C21H32N6O4. The minimum Gasteiger partial charge on any atom is -0.481 e. The van der Waals surface area contributed by atoms with Crippen molar-refractivity contribution in [1.82, 2.24) is 19.7 Å². The van der Waals surface area contributed by atoms with Crippen molar-refractivity contribution < 1.29 is 19.4 Å². The molecule has 3 atom stereocenters. The van der Waals surface area contributed by atoms with Crippen LogP contribution in [0.3, 0.4) is 0 Å². The Morgan fingerprint density at radius 3 is 2.61 bits per heavy atom. The second-order valence-corrected chi connectivity index (χ2v) is 7.68. The van der Waals surface area contributed by atoms with Crippen LogP contribution in [0.5, 0.6) is 0 Å². The van der Waals surface area contributed by atoms with Gasteiger partial charge in [-0.2, -0.15) is 4.68 Å². The fourth-order valence-corrected chi connectivity index (χ4v) is 3.53. The summed E-state index contributed by atoms with van der Waals surface area (Å²) in [5.41, 5.74) is 12.5. The molecule has 31 heavy (non-hydrogen) atoms. The first-order valence-electron chi connectivity index (χ1n) is 10.5. The lowest BCUT2D eigenvalue weighted by Crippen LogP contribution is -2.42. The molecular weight excluding hydrogens is 400 g/mol. The zero-order chi connectivity index (χ0) is 23.0. The SMILES string of the molecule is CC(=O)O.CCCO[C@H]1C[C@@H](c2nc(CC(N)=O)nn2-c2cccc(C)n2)CC[C@@H]1N. The molecule has 1 amide bonds. The van der Waals surface area contributed by atoms with Gasteiger partial charge in [0, 0.05) is 31.2 Å². The minimum absolute atomic E-state index is 0.00101. The van der Waals surface area contributed by atoms with Crippen LogP contribution in [0, 0.1) is 6.92 Å². The van der Waals surface area contributed by atoms with Crippen LogP contribution in [0.15, 0.2) is 18.2 Å². The molecule has 3 rings (SSSR count). The monoisotopic (exact) mass is 432 g/mol. The predicted molar refractivity (Wildman–Crippen MR) is 115 cm³/mol. The lowest BCUT2D eigenvalue weighted by molar-refractivity contribution is -0.134. The zero-order valence-electron chi connectivity index (χ0n) is 18.3. The number of carboxylic acids is 1. The molecule has 0 spiro atoms. The maximum absolute atomic E-state index is 11.4. The molecule has 2 aromatic heterocycles. The van der Waals surface area contributed by atoms with Gasteiger partial charge in [-0.3, -0.25) is 9.59 Å². The van der Waals surface area contributed by atoms with Crippen LogP contribution < -0.4 is 11.5 Å². The molecule has 2 aromatic rings. The van der Waals surface area contributed by atoms with Gasteiger partial charge in [-0.1, -0.05) is 13.0 Å². The van der Waals surface area contributed by atoms with Gasteiger partial charge in [-0.05, 0) is 44.7 Å². The molecule has 170 valence electrons. The lowest BCUT2D eigenvalue weighted by Gasteiger charge is -2.33. The van der Waals surface area contributed by atoms with Crippen LogP contribution in [0.2, 0.25) is 0 Å². The maximum atomic E-state index is 11.4. The van der Waals surface area contributed by atoms with Crippen LogP contribution in [0.1, 0.15) is 62.8 Å². The Kier molecular flexibility index (Phi) is 9.07. The van der Waals surface area contributed by atoms with Crippen LogP contribution >= 0.6 is 0 Å². The van der Waals surface area contributed by atoms with Crippen molar-refractivity contribution in [3.8, 4) is 5.82 Å². The molecule has 0 aliphatic heterocycles. The van der Waals surface area contributed by atoms with Crippen molar-refractivity contribution in [3.05, 3.63) is 35.5 Å². The summed E-state index contributed by atoms with van der Waals surface area (Å²) in [4.78, 5) is 29.5. The number of aliphatic carboxylic acids is 1. The molecule has 1 saturated carbocycles. The predicted octanol–water partition coefficient (Wildman–Crippen LogP) is 1.48. The van der Waals surface area contributed by atoms with Gasteiger partial charge in [-0.25, -0.2) is 9.97 Å². The Morgan fingerprint density at radius 2 is 2.00 bits per heavy atom. The van der Waals surface area contributed by atoms with Gasteiger partial charge >= 0.3 is 0 Å². The van der Waals surface area contributed by atoms with Gasteiger partial charge in [0.15, 0.2) is 11.6 Å². The molecule has 10 nitrogen and oxygen atoms in total. The zero-order valence-corrected chi connectivity index (χ0v) is 18.3. The summed E-state index contributed by atoms with van der Waals surface area (Å²) in [6.07, 6.45) is 3.50. The van der Waals surface area contributed by atoms with Gasteiger partial charge in [-0.15, -0.1) is 5.10 Å². The van der Waals surface area contributed by atoms with Gasteiger partial charge in [0.05, 0.1) is 12.5 Å². The third kappa shape index (κ3) is 7.41. The van der Waals surface area contributed by atoms with Crippen molar-refractivity contribution in [2.45, 2.75) is 70.9 Å². The third-order valence-electron chi connectivity index (χ3n) is 4.84. The quantitative estimate of drug-likeness (QED) is 0.593. The summed E-state index contributed by atoms with van der Waals surface area (Å²) < 4.78 is 7.70. The van der Waals surface area contributed by atoms with Gasteiger partial charge < -0.3 is 21.3 Å². The molecule has 2 heterocycles. The van der Waals surface area contributed by atoms with Crippen LogP contribution in [0.4, 0.5) is 0 Å². The van der Waals surface area contributed by atoms with E-state index in [9.17, 15) is 4.79 Å². The number of rotatable bonds is 7. The summed E-state index contributed by atoms with van der Waals surface area (Å²) in [6.45, 7) is 5.80. The second kappa shape index (κ2) is 11.5. The van der Waals surface area contributed by atoms with Crippen molar-refractivity contribution in [3.63, 3.8) is 0 Å². The number of carbonyl (C=O) groups excluding carboxylic acids is 1. The Labute approximate surface area is 182 Å². The number of aromatic nitrogens is 4. The van der Waals surface area contributed by atoms with E-state index in [-0.39, 0.29) is 24.5 Å². The molecule has 0 saturated heterocycles. The van der Waals surface area contributed by atoms with Crippen molar-refractivity contribution in [1.29, 1.82) is 0 Å². The Hall–Kier alpha value is -2.85. The summed E-state index contributed by atoms with van der Waals surface area (Å²) >= 11 is 0. The molecule has 1 aliphatic carbocycles. The second-order valence-electron chi connectivity index (χ2n) is 7.68. The Balaban J connectivity index is 0.000000785. The number of nitrogens with two attached hydrogens (primary N) is 2. The maximum Gasteiger partial charge on any atom is 0.300 e. The number of carboxylic acid groups (broad SMARTS) is 1. The van der Waals surface area contributed by atoms with E-state index in [1.165, 1.54) is 0 Å². The number of primary amides is 1. The van der Waals surface area contributed by atoms with E-state index in [0.717, 1.165) is 44.1 Å². The van der Waals surface area contributed by atoms with E-state index in [1.54, 1.807) is 4.68 Å². The standard InChI is InChI=1S/C19H28N6O2.C2H4O2/c1-3-9-27-15-10-13(7-8-14(15)20)19-23-17(11-16(21)26)24-25(19)18-6-4-5-12(2)22-18;1-2(3)4/h4-6,13-15H,3,7-11,20H2,1-2H3,(H2,21,26);1H3,(H,3,4)/t13-,14-,15-;/m0./s1. The average molecular weight is 433 g/mol. The Bertz CT molecular complexity index is 881. The van der Waals surface area contributed by atoms with Gasteiger partial charge in [0.25, 0.3) is 5.97 Å². The fraction of sp³-hybridized carbons (Fsp3) is 0.571. The molecule has 10 heteroatoms. The summed E-state index contributed by atoms with van der Waals surface area (Å²) in [5.74, 6) is 0.756. The molecule has 1 fully saturated rings. The molecule has 0 aromatic carbocycles. The topological polar surface area (TPSA) is 159 Å². The first-order valence-corrected chi connectivity index (χ1v) is 10.5. The highest BCUT2D eigenvalue weighted by atomic mass is 16.5. The number of hydrogen-bond donors (Lipinski definition) is 3. The van der Waals surface area contributed by atoms with E-state index < -0.39 is 11.9 Å². The fourth-order valence-electron chi connectivity index (χ4n) is 3.53. The number of nitrogens with zero attached hydrogens (tertiary/aromatic N) is 4.